The predicted molar refractivity (Wildman–Crippen MR) is 89.3 cm³/mol. The van der Waals surface area contributed by atoms with Crippen molar-refractivity contribution in [3.8, 4) is 0 Å². The molecule has 0 aromatic rings. The summed E-state index contributed by atoms with van der Waals surface area (Å²) >= 11 is 0. The van der Waals surface area contributed by atoms with Gasteiger partial charge in [0.2, 0.25) is 0 Å². The summed E-state index contributed by atoms with van der Waals surface area (Å²) in [6.45, 7) is 11.1. The number of carboxylic acid groups (broad SMARTS) is 1. The normalized spacial score (nSPS) is 33.0. The molecule has 0 amide bonds. The average Bonchev–Trinajstić information content (AvgIpc) is 2.77. The lowest BCUT2D eigenvalue weighted by molar-refractivity contribution is -0.144. The lowest BCUT2D eigenvalue weighted by atomic mass is 9.71. The van der Waals surface area contributed by atoms with E-state index in [0.717, 1.165) is 12.8 Å². The molecule has 0 radical (unpaired) electrons. The maximum Gasteiger partial charge on any atom is 0.306 e. The zero-order valence-corrected chi connectivity index (χ0v) is 14.6. The Morgan fingerprint density at radius 2 is 1.95 bits per heavy atom. The van der Waals surface area contributed by atoms with Crippen LogP contribution in [0.15, 0.2) is 12.2 Å². The smallest absolute Gasteiger partial charge is 0.306 e. The number of rotatable bonds is 5. The fourth-order valence-electron chi connectivity index (χ4n) is 4.24. The highest BCUT2D eigenvalue weighted by Gasteiger charge is 2.62. The first-order valence-corrected chi connectivity index (χ1v) is 8.64. The molecule has 2 aliphatic rings. The largest absolute Gasteiger partial charge is 0.481 e. The van der Waals surface area contributed by atoms with Gasteiger partial charge < -0.3 is 5.11 Å². The maximum absolute atomic E-state index is 11.0. The molecule has 3 atom stereocenters. The van der Waals surface area contributed by atoms with Crippen molar-refractivity contribution in [2.24, 2.45) is 22.7 Å². The molecular weight excluding hydrogens is 260 g/mol. The zero-order chi connectivity index (χ0) is 16.1. The Morgan fingerprint density at radius 3 is 2.29 bits per heavy atom. The number of allylic oxidation sites excluding steroid dienone is 2. The summed E-state index contributed by atoms with van der Waals surface area (Å²) in [7, 11) is 0. The molecular formula is C19H34O2. The van der Waals surface area contributed by atoms with Crippen LogP contribution in [0.2, 0.25) is 0 Å². The SMILES string of the molecule is CC12CCC([C@@H](C(=O)O)C1)C2(C)C.CC=CCCCCC. The lowest BCUT2D eigenvalue weighted by Crippen LogP contribution is -2.26. The molecule has 1 N–H and O–H groups in total. The van der Waals surface area contributed by atoms with Gasteiger partial charge in [0.25, 0.3) is 0 Å². The van der Waals surface area contributed by atoms with E-state index in [9.17, 15) is 4.79 Å². The zero-order valence-electron chi connectivity index (χ0n) is 14.6. The number of hydrogen-bond acceptors (Lipinski definition) is 1. The van der Waals surface area contributed by atoms with E-state index in [1.807, 2.05) is 0 Å². The summed E-state index contributed by atoms with van der Waals surface area (Å²) in [6, 6.07) is 0. The number of carboxylic acids is 1. The summed E-state index contributed by atoms with van der Waals surface area (Å²) in [5.74, 6) is -0.245. The van der Waals surface area contributed by atoms with Gasteiger partial charge in [0, 0.05) is 0 Å². The number of carbonyl (C=O) groups is 1. The van der Waals surface area contributed by atoms with Crippen LogP contribution in [0, 0.1) is 22.7 Å². The summed E-state index contributed by atoms with van der Waals surface area (Å²) in [6.07, 6.45) is 12.9. The van der Waals surface area contributed by atoms with Crippen LogP contribution >= 0.6 is 0 Å². The minimum absolute atomic E-state index is 0.0752. The van der Waals surface area contributed by atoms with Crippen LogP contribution in [0.3, 0.4) is 0 Å². The third-order valence-electron chi connectivity index (χ3n) is 6.17. The molecule has 0 aromatic carbocycles. The van der Waals surface area contributed by atoms with Crippen molar-refractivity contribution >= 4 is 5.97 Å². The van der Waals surface area contributed by atoms with Gasteiger partial charge in [0.1, 0.15) is 0 Å². The molecule has 2 heteroatoms. The molecule has 2 unspecified atom stereocenters. The Morgan fingerprint density at radius 1 is 1.29 bits per heavy atom. The molecule has 0 spiro atoms. The van der Waals surface area contributed by atoms with E-state index in [2.05, 4.69) is 46.8 Å². The van der Waals surface area contributed by atoms with Gasteiger partial charge in [-0.05, 0) is 55.8 Å². The highest BCUT2D eigenvalue weighted by molar-refractivity contribution is 5.71. The van der Waals surface area contributed by atoms with E-state index in [4.69, 9.17) is 5.11 Å². The van der Waals surface area contributed by atoms with Gasteiger partial charge in [0.15, 0.2) is 0 Å². The van der Waals surface area contributed by atoms with E-state index in [-0.39, 0.29) is 16.7 Å². The first-order valence-electron chi connectivity index (χ1n) is 8.64. The molecule has 2 rings (SSSR count). The van der Waals surface area contributed by atoms with E-state index in [1.54, 1.807) is 0 Å². The molecule has 2 nitrogen and oxygen atoms in total. The van der Waals surface area contributed by atoms with Crippen molar-refractivity contribution in [1.82, 2.24) is 0 Å². The predicted octanol–water partition coefficient (Wildman–Crippen LogP) is 5.68. The lowest BCUT2D eigenvalue weighted by Gasteiger charge is -2.34. The van der Waals surface area contributed by atoms with E-state index in [1.165, 1.54) is 32.1 Å². The van der Waals surface area contributed by atoms with Gasteiger partial charge in [-0.1, -0.05) is 52.7 Å². The van der Waals surface area contributed by atoms with Crippen LogP contribution in [0.1, 0.15) is 79.6 Å². The van der Waals surface area contributed by atoms with Gasteiger partial charge in [0.05, 0.1) is 5.92 Å². The fraction of sp³-hybridized carbons (Fsp3) is 0.842. The van der Waals surface area contributed by atoms with Crippen LogP contribution in [-0.2, 0) is 4.79 Å². The van der Waals surface area contributed by atoms with Crippen molar-refractivity contribution in [3.05, 3.63) is 12.2 Å². The quantitative estimate of drug-likeness (QED) is 0.523. The standard InChI is InChI=1S/C11H18O2.C8H16/c1-10(2)8-4-5-11(10,3)6-7(8)9(12)13;1-3-5-7-8-6-4-2/h7-8H,4-6H2,1-3H3,(H,12,13);3,5H,4,6-8H2,1-2H3/t7-,8?,11?;/m0./s1. The summed E-state index contributed by atoms with van der Waals surface area (Å²) in [5.41, 5.74) is 0.511. The summed E-state index contributed by atoms with van der Waals surface area (Å²) < 4.78 is 0. The first kappa shape index (κ1) is 18.3. The van der Waals surface area contributed by atoms with Crippen LogP contribution in [-0.4, -0.2) is 11.1 Å². The Labute approximate surface area is 131 Å². The summed E-state index contributed by atoms with van der Waals surface area (Å²) in [4.78, 5) is 11.0. The molecule has 2 bridgehead atoms. The highest BCUT2D eigenvalue weighted by Crippen LogP contribution is 2.67. The van der Waals surface area contributed by atoms with Crippen LogP contribution < -0.4 is 0 Å². The van der Waals surface area contributed by atoms with Crippen molar-refractivity contribution in [2.45, 2.75) is 79.6 Å². The molecule has 2 aliphatic carbocycles. The number of unbranched alkanes of at least 4 members (excludes halogenated alkanes) is 3. The number of aliphatic carboxylic acids is 1. The van der Waals surface area contributed by atoms with E-state index >= 15 is 0 Å². The average molecular weight is 294 g/mol. The minimum atomic E-state index is -0.582. The van der Waals surface area contributed by atoms with Crippen molar-refractivity contribution in [3.63, 3.8) is 0 Å². The number of hydrogen-bond donors (Lipinski definition) is 1. The molecule has 0 saturated heterocycles. The Bertz CT molecular complexity index is 367. The van der Waals surface area contributed by atoms with Crippen LogP contribution in [0.5, 0.6) is 0 Å². The van der Waals surface area contributed by atoms with E-state index < -0.39 is 5.97 Å². The molecule has 0 aromatic heterocycles. The minimum Gasteiger partial charge on any atom is -0.481 e. The second-order valence-corrected chi connectivity index (χ2v) is 7.64. The highest BCUT2D eigenvalue weighted by atomic mass is 16.4. The monoisotopic (exact) mass is 294 g/mol. The molecule has 0 heterocycles. The van der Waals surface area contributed by atoms with Crippen molar-refractivity contribution < 1.29 is 9.90 Å². The first-order chi connectivity index (χ1) is 9.80. The van der Waals surface area contributed by atoms with Gasteiger partial charge in [-0.3, -0.25) is 4.79 Å². The Balaban J connectivity index is 0.000000240. The van der Waals surface area contributed by atoms with E-state index in [0.29, 0.717) is 5.92 Å². The molecule has 122 valence electrons. The van der Waals surface area contributed by atoms with Crippen LogP contribution in [0.25, 0.3) is 0 Å². The molecule has 2 saturated carbocycles. The third kappa shape index (κ3) is 3.90. The van der Waals surface area contributed by atoms with Gasteiger partial charge in [-0.2, -0.15) is 0 Å². The third-order valence-corrected chi connectivity index (χ3v) is 6.17. The topological polar surface area (TPSA) is 37.3 Å². The number of fused-ring (bicyclic) bond motifs is 2. The van der Waals surface area contributed by atoms with Crippen molar-refractivity contribution in [1.29, 1.82) is 0 Å². The maximum atomic E-state index is 11.0. The second kappa shape index (κ2) is 7.47. The molecule has 0 aliphatic heterocycles. The van der Waals surface area contributed by atoms with Gasteiger partial charge in [-0.15, -0.1) is 0 Å². The van der Waals surface area contributed by atoms with Crippen molar-refractivity contribution in [2.75, 3.05) is 0 Å². The Hall–Kier alpha value is -0.790. The molecule has 2 fully saturated rings. The Kier molecular flexibility index (Phi) is 6.49. The second-order valence-electron chi connectivity index (χ2n) is 7.64. The van der Waals surface area contributed by atoms with Crippen LogP contribution in [0.4, 0.5) is 0 Å². The molecule has 21 heavy (non-hydrogen) atoms. The van der Waals surface area contributed by atoms with Gasteiger partial charge in [-0.25, -0.2) is 0 Å². The van der Waals surface area contributed by atoms with Gasteiger partial charge >= 0.3 is 5.97 Å². The fourth-order valence-corrected chi connectivity index (χ4v) is 4.24. The summed E-state index contributed by atoms with van der Waals surface area (Å²) in [5, 5.41) is 9.08.